The number of benzene rings is 2. The fraction of sp³-hybridized carbons (Fsp3) is 0. The first-order valence-corrected chi connectivity index (χ1v) is 6.96. The minimum Gasteiger partial charge on any atom is -0.333 e. The molecule has 0 aliphatic heterocycles. The molecule has 0 bridgehead atoms. The van der Waals surface area contributed by atoms with Crippen LogP contribution in [0.3, 0.4) is 0 Å². The SMILES string of the molecule is N#C/C(=C\c1ccccc1)Sc1nc2ccccc2[nH]1. The van der Waals surface area contributed by atoms with Crippen molar-refractivity contribution in [2.45, 2.75) is 5.16 Å². The van der Waals surface area contributed by atoms with Crippen molar-refractivity contribution in [3.8, 4) is 6.07 Å². The number of fused-ring (bicyclic) bond motifs is 1. The molecule has 0 saturated heterocycles. The van der Waals surface area contributed by atoms with Crippen molar-refractivity contribution in [3.63, 3.8) is 0 Å². The number of nitriles is 1. The molecule has 3 aromatic rings. The summed E-state index contributed by atoms with van der Waals surface area (Å²) in [6, 6.07) is 19.8. The minimum absolute atomic E-state index is 0.607. The first kappa shape index (κ1) is 12.5. The van der Waals surface area contributed by atoms with Crippen LogP contribution in [0.2, 0.25) is 0 Å². The molecule has 0 unspecified atom stereocenters. The number of imidazole rings is 1. The second kappa shape index (κ2) is 5.64. The topological polar surface area (TPSA) is 52.5 Å². The van der Waals surface area contributed by atoms with E-state index in [1.807, 2.05) is 60.7 Å². The number of para-hydroxylation sites is 2. The third-order valence-corrected chi connectivity index (χ3v) is 3.60. The molecule has 0 spiro atoms. The van der Waals surface area contributed by atoms with Gasteiger partial charge in [0.25, 0.3) is 0 Å². The summed E-state index contributed by atoms with van der Waals surface area (Å²) in [7, 11) is 0. The molecule has 0 aliphatic rings. The monoisotopic (exact) mass is 277 g/mol. The number of aromatic amines is 1. The molecule has 0 amide bonds. The zero-order valence-electron chi connectivity index (χ0n) is 10.6. The smallest absolute Gasteiger partial charge is 0.171 e. The zero-order chi connectivity index (χ0) is 13.8. The van der Waals surface area contributed by atoms with Crippen LogP contribution in [0.1, 0.15) is 5.56 Å². The van der Waals surface area contributed by atoms with E-state index in [1.54, 1.807) is 0 Å². The summed E-state index contributed by atoms with van der Waals surface area (Å²) in [5.41, 5.74) is 2.90. The van der Waals surface area contributed by atoms with Gasteiger partial charge in [-0.2, -0.15) is 5.26 Å². The van der Waals surface area contributed by atoms with Crippen LogP contribution in [-0.2, 0) is 0 Å². The van der Waals surface area contributed by atoms with Crippen LogP contribution >= 0.6 is 11.8 Å². The van der Waals surface area contributed by atoms with Crippen molar-refractivity contribution in [1.29, 1.82) is 5.26 Å². The normalized spacial score (nSPS) is 11.4. The summed E-state index contributed by atoms with van der Waals surface area (Å²) >= 11 is 1.34. The Morgan fingerprint density at radius 2 is 1.85 bits per heavy atom. The van der Waals surface area contributed by atoms with Gasteiger partial charge in [0.1, 0.15) is 6.07 Å². The number of thioether (sulfide) groups is 1. The molecule has 4 heteroatoms. The molecule has 1 N–H and O–H groups in total. The van der Waals surface area contributed by atoms with Gasteiger partial charge in [-0.1, -0.05) is 42.5 Å². The van der Waals surface area contributed by atoms with Crippen molar-refractivity contribution >= 4 is 28.9 Å². The number of aromatic nitrogens is 2. The van der Waals surface area contributed by atoms with E-state index in [4.69, 9.17) is 0 Å². The highest BCUT2D eigenvalue weighted by molar-refractivity contribution is 8.03. The molecule has 0 aliphatic carbocycles. The minimum atomic E-state index is 0.607. The second-order valence-corrected chi connectivity index (χ2v) is 5.22. The van der Waals surface area contributed by atoms with Crippen LogP contribution in [-0.4, -0.2) is 9.97 Å². The van der Waals surface area contributed by atoms with Gasteiger partial charge in [0.15, 0.2) is 5.16 Å². The molecule has 96 valence electrons. The van der Waals surface area contributed by atoms with Crippen LogP contribution in [0.15, 0.2) is 64.7 Å². The molecular formula is C16H11N3S. The molecule has 0 fully saturated rings. The lowest BCUT2D eigenvalue weighted by atomic mass is 10.2. The summed E-state index contributed by atoms with van der Waals surface area (Å²) in [5.74, 6) is 0. The number of nitrogens with zero attached hydrogens (tertiary/aromatic N) is 2. The predicted octanol–water partition coefficient (Wildman–Crippen LogP) is 4.22. The Hall–Kier alpha value is -2.51. The molecule has 0 radical (unpaired) electrons. The fourth-order valence-electron chi connectivity index (χ4n) is 1.87. The van der Waals surface area contributed by atoms with E-state index in [1.165, 1.54) is 11.8 Å². The average molecular weight is 277 g/mol. The molecule has 1 heterocycles. The lowest BCUT2D eigenvalue weighted by molar-refractivity contribution is 1.09. The highest BCUT2D eigenvalue weighted by atomic mass is 32.2. The van der Waals surface area contributed by atoms with E-state index in [9.17, 15) is 5.26 Å². The van der Waals surface area contributed by atoms with Crippen LogP contribution in [0.25, 0.3) is 17.1 Å². The Morgan fingerprint density at radius 1 is 1.10 bits per heavy atom. The summed E-state index contributed by atoms with van der Waals surface area (Å²) in [6.45, 7) is 0. The Morgan fingerprint density at radius 3 is 2.60 bits per heavy atom. The van der Waals surface area contributed by atoms with E-state index in [0.29, 0.717) is 4.91 Å². The number of H-pyrrole nitrogens is 1. The predicted molar refractivity (Wildman–Crippen MR) is 82.0 cm³/mol. The highest BCUT2D eigenvalue weighted by Gasteiger charge is 2.06. The zero-order valence-corrected chi connectivity index (χ0v) is 11.4. The number of hydrogen-bond donors (Lipinski definition) is 1. The van der Waals surface area contributed by atoms with Gasteiger partial charge in [-0.15, -0.1) is 0 Å². The number of hydrogen-bond acceptors (Lipinski definition) is 3. The van der Waals surface area contributed by atoms with Gasteiger partial charge in [-0.3, -0.25) is 0 Å². The van der Waals surface area contributed by atoms with Crippen molar-refractivity contribution in [3.05, 3.63) is 65.1 Å². The van der Waals surface area contributed by atoms with Crippen molar-refractivity contribution in [2.75, 3.05) is 0 Å². The first-order chi connectivity index (χ1) is 9.85. The third kappa shape index (κ3) is 2.73. The Labute approximate surface area is 121 Å². The van der Waals surface area contributed by atoms with Gasteiger partial charge in [0.05, 0.1) is 15.9 Å². The molecule has 3 nitrogen and oxygen atoms in total. The molecular weight excluding hydrogens is 266 g/mol. The highest BCUT2D eigenvalue weighted by Crippen LogP contribution is 2.27. The summed E-state index contributed by atoms with van der Waals surface area (Å²) < 4.78 is 0. The fourth-order valence-corrected chi connectivity index (χ4v) is 2.62. The summed E-state index contributed by atoms with van der Waals surface area (Å²) in [4.78, 5) is 8.27. The summed E-state index contributed by atoms with van der Waals surface area (Å²) in [6.07, 6.45) is 1.86. The van der Waals surface area contributed by atoms with Gasteiger partial charge in [0, 0.05) is 0 Å². The van der Waals surface area contributed by atoms with Crippen LogP contribution in [0.4, 0.5) is 0 Å². The first-order valence-electron chi connectivity index (χ1n) is 6.14. The average Bonchev–Trinajstić information content (AvgIpc) is 2.90. The molecule has 2 aromatic carbocycles. The lowest BCUT2D eigenvalue weighted by Crippen LogP contribution is -1.78. The number of rotatable bonds is 3. The van der Waals surface area contributed by atoms with E-state index in [2.05, 4.69) is 16.0 Å². The van der Waals surface area contributed by atoms with Crippen LogP contribution in [0.5, 0.6) is 0 Å². The van der Waals surface area contributed by atoms with Gasteiger partial charge in [0.2, 0.25) is 0 Å². The maximum atomic E-state index is 9.24. The van der Waals surface area contributed by atoms with Crippen molar-refractivity contribution in [2.24, 2.45) is 0 Å². The standard InChI is InChI=1S/C16H11N3S/c17-11-13(10-12-6-2-1-3-7-12)20-16-18-14-8-4-5-9-15(14)19-16/h1-10H,(H,18,19)/b13-10+. The Kier molecular flexibility index (Phi) is 3.53. The van der Waals surface area contributed by atoms with Crippen molar-refractivity contribution in [1.82, 2.24) is 9.97 Å². The van der Waals surface area contributed by atoms with Gasteiger partial charge in [-0.25, -0.2) is 4.98 Å². The van der Waals surface area contributed by atoms with Crippen LogP contribution in [0, 0.1) is 11.3 Å². The van der Waals surface area contributed by atoms with E-state index < -0.39 is 0 Å². The largest absolute Gasteiger partial charge is 0.333 e. The second-order valence-electron chi connectivity index (χ2n) is 4.19. The lowest BCUT2D eigenvalue weighted by Gasteiger charge is -1.96. The summed E-state index contributed by atoms with van der Waals surface area (Å²) in [5, 5.41) is 9.97. The molecule has 20 heavy (non-hydrogen) atoms. The number of nitrogens with one attached hydrogen (secondary N) is 1. The van der Waals surface area contributed by atoms with Crippen LogP contribution < -0.4 is 0 Å². The number of allylic oxidation sites excluding steroid dienone is 1. The molecule has 3 rings (SSSR count). The Bertz CT molecular complexity index is 764. The Balaban J connectivity index is 1.88. The van der Waals surface area contributed by atoms with E-state index in [0.717, 1.165) is 21.8 Å². The van der Waals surface area contributed by atoms with Gasteiger partial charge < -0.3 is 4.98 Å². The van der Waals surface area contributed by atoms with Gasteiger partial charge >= 0.3 is 0 Å². The quantitative estimate of drug-likeness (QED) is 0.576. The van der Waals surface area contributed by atoms with E-state index in [-0.39, 0.29) is 0 Å². The van der Waals surface area contributed by atoms with Gasteiger partial charge in [-0.05, 0) is 35.5 Å². The molecule has 1 aromatic heterocycles. The third-order valence-electron chi connectivity index (χ3n) is 2.78. The maximum absolute atomic E-state index is 9.24. The molecule has 0 atom stereocenters. The maximum Gasteiger partial charge on any atom is 0.171 e. The van der Waals surface area contributed by atoms with E-state index >= 15 is 0 Å². The van der Waals surface area contributed by atoms with Crippen molar-refractivity contribution < 1.29 is 0 Å². The molecule has 0 saturated carbocycles.